The molecule has 0 aromatic heterocycles. The summed E-state index contributed by atoms with van der Waals surface area (Å²) in [6, 6.07) is 7.63. The summed E-state index contributed by atoms with van der Waals surface area (Å²) < 4.78 is 0. The number of nitrogens with one attached hydrogen (secondary N) is 1. The van der Waals surface area contributed by atoms with Gasteiger partial charge in [-0.2, -0.15) is 0 Å². The molecular weight excluding hydrogens is 234 g/mol. The summed E-state index contributed by atoms with van der Waals surface area (Å²) in [4.78, 5) is 4.97. The lowest BCUT2D eigenvalue weighted by atomic mass is 10.1. The zero-order chi connectivity index (χ0) is 13.4. The molecule has 0 bridgehead atoms. The molecule has 1 saturated heterocycles. The van der Waals surface area contributed by atoms with Crippen LogP contribution >= 0.6 is 0 Å². The molecule has 2 aliphatic heterocycles. The third kappa shape index (κ3) is 2.63. The minimum atomic E-state index is 0.705. The van der Waals surface area contributed by atoms with Gasteiger partial charge in [0.15, 0.2) is 0 Å². The lowest BCUT2D eigenvalue weighted by Gasteiger charge is -2.22. The number of hydrogen-bond acceptors (Lipinski definition) is 3. The van der Waals surface area contributed by atoms with Crippen LogP contribution in [-0.4, -0.2) is 49.6 Å². The van der Waals surface area contributed by atoms with E-state index in [1.165, 1.54) is 36.3 Å². The van der Waals surface area contributed by atoms with Crippen LogP contribution in [0.25, 0.3) is 0 Å². The number of likely N-dealkylation sites (tertiary alicyclic amines) is 1. The fourth-order valence-corrected chi connectivity index (χ4v) is 3.56. The molecule has 3 heteroatoms. The third-order valence-corrected chi connectivity index (χ3v) is 4.60. The molecule has 1 N–H and O–H groups in total. The predicted octanol–water partition coefficient (Wildman–Crippen LogP) is 2.04. The fraction of sp³-hybridized carbons (Fsp3) is 0.625. The molecule has 3 rings (SSSR count). The molecule has 1 aromatic rings. The summed E-state index contributed by atoms with van der Waals surface area (Å²) in [5.41, 5.74) is 4.30. The maximum Gasteiger partial charge on any atom is 0.0373 e. The van der Waals surface area contributed by atoms with Crippen LogP contribution < -0.4 is 5.32 Å². The van der Waals surface area contributed by atoms with E-state index in [1.807, 2.05) is 0 Å². The van der Waals surface area contributed by atoms with E-state index < -0.39 is 0 Å². The highest BCUT2D eigenvalue weighted by atomic mass is 15.2. The normalized spacial score (nSPS) is 26.7. The molecular formula is C16H25N3. The second-order valence-corrected chi connectivity index (χ2v) is 6.37. The number of rotatable bonds is 3. The molecule has 2 atom stereocenters. The highest BCUT2D eigenvalue weighted by Crippen LogP contribution is 2.26. The van der Waals surface area contributed by atoms with Gasteiger partial charge in [0.2, 0.25) is 0 Å². The predicted molar refractivity (Wildman–Crippen MR) is 80.6 cm³/mol. The van der Waals surface area contributed by atoms with Crippen LogP contribution in [0, 0.1) is 5.92 Å². The van der Waals surface area contributed by atoms with Crippen molar-refractivity contribution in [2.75, 3.05) is 39.0 Å². The van der Waals surface area contributed by atoms with Crippen LogP contribution in [0.1, 0.15) is 18.1 Å². The molecule has 0 saturated carbocycles. The number of nitrogens with zero attached hydrogens (tertiary/aromatic N) is 2. The van der Waals surface area contributed by atoms with E-state index in [2.05, 4.69) is 54.3 Å². The highest BCUT2D eigenvalue weighted by Gasteiger charge is 2.30. The van der Waals surface area contributed by atoms with Crippen LogP contribution in [0.2, 0.25) is 0 Å². The van der Waals surface area contributed by atoms with E-state index in [0.717, 1.165) is 19.0 Å². The van der Waals surface area contributed by atoms with Gasteiger partial charge in [-0.25, -0.2) is 0 Å². The Bertz CT molecular complexity index is 455. The summed E-state index contributed by atoms with van der Waals surface area (Å²) in [6.45, 7) is 6.99. The van der Waals surface area contributed by atoms with Crippen molar-refractivity contribution in [1.29, 1.82) is 0 Å². The first-order valence-corrected chi connectivity index (χ1v) is 7.38. The van der Waals surface area contributed by atoms with Gasteiger partial charge in [0, 0.05) is 37.9 Å². The van der Waals surface area contributed by atoms with Crippen molar-refractivity contribution in [2.24, 2.45) is 5.92 Å². The Hall–Kier alpha value is -1.06. The van der Waals surface area contributed by atoms with Crippen molar-refractivity contribution in [2.45, 2.75) is 25.9 Å². The van der Waals surface area contributed by atoms with Gasteiger partial charge in [-0.1, -0.05) is 19.1 Å². The maximum atomic E-state index is 3.43. The van der Waals surface area contributed by atoms with Crippen molar-refractivity contribution in [1.82, 2.24) is 9.80 Å². The van der Waals surface area contributed by atoms with Crippen LogP contribution in [0.15, 0.2) is 18.2 Å². The number of fused-ring (bicyclic) bond motifs is 1. The van der Waals surface area contributed by atoms with Gasteiger partial charge in [-0.05, 0) is 43.6 Å². The van der Waals surface area contributed by atoms with Gasteiger partial charge in [0.1, 0.15) is 0 Å². The summed E-state index contributed by atoms with van der Waals surface area (Å²) in [7, 11) is 4.40. The first kappa shape index (κ1) is 12.9. The highest BCUT2D eigenvalue weighted by molar-refractivity contribution is 5.56. The molecule has 2 aliphatic rings. The van der Waals surface area contributed by atoms with Crippen molar-refractivity contribution in [3.8, 4) is 0 Å². The SMILES string of the molecule is CC1CN(Cc2ccc3c(c2)CCN3)CC1N(C)C. The van der Waals surface area contributed by atoms with Gasteiger partial charge in [-0.15, -0.1) is 0 Å². The monoisotopic (exact) mass is 259 g/mol. The summed E-state index contributed by atoms with van der Waals surface area (Å²) >= 11 is 0. The van der Waals surface area contributed by atoms with E-state index >= 15 is 0 Å². The Morgan fingerprint density at radius 2 is 2.16 bits per heavy atom. The number of anilines is 1. The average Bonchev–Trinajstić information content (AvgIpc) is 2.95. The van der Waals surface area contributed by atoms with Gasteiger partial charge in [0.05, 0.1) is 0 Å². The van der Waals surface area contributed by atoms with E-state index in [1.54, 1.807) is 0 Å². The smallest absolute Gasteiger partial charge is 0.0373 e. The number of likely N-dealkylation sites (N-methyl/N-ethyl adjacent to an activating group) is 1. The van der Waals surface area contributed by atoms with E-state index in [0.29, 0.717) is 6.04 Å². The largest absolute Gasteiger partial charge is 0.384 e. The summed E-state index contributed by atoms with van der Waals surface area (Å²) in [5.74, 6) is 0.770. The topological polar surface area (TPSA) is 18.5 Å². The number of benzene rings is 1. The first-order valence-electron chi connectivity index (χ1n) is 7.38. The van der Waals surface area contributed by atoms with Crippen LogP contribution in [0.4, 0.5) is 5.69 Å². The molecule has 1 aromatic carbocycles. The minimum absolute atomic E-state index is 0.705. The summed E-state index contributed by atoms with van der Waals surface area (Å²) in [5, 5.41) is 3.43. The molecule has 2 unspecified atom stereocenters. The molecule has 104 valence electrons. The van der Waals surface area contributed by atoms with Gasteiger partial charge < -0.3 is 10.2 Å². The maximum absolute atomic E-state index is 3.43. The van der Waals surface area contributed by atoms with Crippen LogP contribution in [0.5, 0.6) is 0 Å². The Kier molecular flexibility index (Phi) is 3.50. The Morgan fingerprint density at radius 3 is 2.89 bits per heavy atom. The van der Waals surface area contributed by atoms with E-state index in [-0.39, 0.29) is 0 Å². The van der Waals surface area contributed by atoms with E-state index in [9.17, 15) is 0 Å². The van der Waals surface area contributed by atoms with Crippen molar-refractivity contribution < 1.29 is 0 Å². The lowest BCUT2D eigenvalue weighted by molar-refractivity contribution is 0.250. The van der Waals surface area contributed by atoms with Crippen LogP contribution in [0.3, 0.4) is 0 Å². The molecule has 0 radical (unpaired) electrons. The minimum Gasteiger partial charge on any atom is -0.384 e. The Labute approximate surface area is 116 Å². The molecule has 3 nitrogen and oxygen atoms in total. The zero-order valence-electron chi connectivity index (χ0n) is 12.3. The second kappa shape index (κ2) is 5.14. The zero-order valence-corrected chi connectivity index (χ0v) is 12.3. The number of hydrogen-bond donors (Lipinski definition) is 1. The van der Waals surface area contributed by atoms with Gasteiger partial charge >= 0.3 is 0 Å². The van der Waals surface area contributed by atoms with E-state index in [4.69, 9.17) is 0 Å². The van der Waals surface area contributed by atoms with Crippen molar-refractivity contribution in [3.05, 3.63) is 29.3 Å². The third-order valence-electron chi connectivity index (χ3n) is 4.60. The van der Waals surface area contributed by atoms with Crippen molar-refractivity contribution >= 4 is 5.69 Å². The van der Waals surface area contributed by atoms with Gasteiger partial charge in [-0.3, -0.25) is 4.90 Å². The molecule has 19 heavy (non-hydrogen) atoms. The summed E-state index contributed by atoms with van der Waals surface area (Å²) in [6.07, 6.45) is 1.18. The fourth-order valence-electron chi connectivity index (χ4n) is 3.56. The Balaban J connectivity index is 1.66. The van der Waals surface area contributed by atoms with Crippen molar-refractivity contribution in [3.63, 3.8) is 0 Å². The van der Waals surface area contributed by atoms with Gasteiger partial charge in [0.25, 0.3) is 0 Å². The lowest BCUT2D eigenvalue weighted by Crippen LogP contribution is -2.34. The molecule has 0 aliphatic carbocycles. The van der Waals surface area contributed by atoms with Crippen LogP contribution in [-0.2, 0) is 13.0 Å². The average molecular weight is 259 g/mol. The Morgan fingerprint density at radius 1 is 1.32 bits per heavy atom. The second-order valence-electron chi connectivity index (χ2n) is 6.37. The molecule has 2 heterocycles. The molecule has 0 spiro atoms. The standard InChI is InChI=1S/C16H25N3/c1-12-9-19(11-16(12)18(2)3)10-13-4-5-15-14(8-13)6-7-17-15/h4-5,8,12,16-17H,6-7,9-11H2,1-3H3. The molecule has 0 amide bonds. The molecule has 1 fully saturated rings. The first-order chi connectivity index (χ1) is 9.13. The quantitative estimate of drug-likeness (QED) is 0.896.